The molecular weight excluding hydrogens is 486 g/mol. The smallest absolute Gasteiger partial charge is 0.241 e. The molecule has 3 aromatic carbocycles. The fourth-order valence-corrected chi connectivity index (χ4v) is 6.59. The first-order valence-corrected chi connectivity index (χ1v) is 14.2. The van der Waals surface area contributed by atoms with E-state index in [0.29, 0.717) is 13.0 Å². The topological polar surface area (TPSA) is 95.6 Å². The van der Waals surface area contributed by atoms with Crippen molar-refractivity contribution < 1.29 is 18.0 Å². The highest BCUT2D eigenvalue weighted by Crippen LogP contribution is 2.31. The molecule has 1 aliphatic carbocycles. The number of aryl methyl sites for hydroxylation is 1. The summed E-state index contributed by atoms with van der Waals surface area (Å²) < 4.78 is 29.6. The molecule has 8 heteroatoms. The van der Waals surface area contributed by atoms with Gasteiger partial charge >= 0.3 is 0 Å². The Morgan fingerprint density at radius 2 is 1.73 bits per heavy atom. The summed E-state index contributed by atoms with van der Waals surface area (Å²) >= 11 is 0. The average Bonchev–Trinajstić information content (AvgIpc) is 3.33. The number of nitrogens with zero attached hydrogens (tertiary/aromatic N) is 1. The van der Waals surface area contributed by atoms with Crippen molar-refractivity contribution in [3.05, 3.63) is 95.1 Å². The number of nitrogens with one attached hydrogen (secondary N) is 2. The van der Waals surface area contributed by atoms with E-state index in [9.17, 15) is 18.0 Å². The third kappa shape index (κ3) is 5.45. The molecule has 0 fully saturated rings. The monoisotopic (exact) mass is 517 g/mol. The van der Waals surface area contributed by atoms with E-state index in [1.165, 1.54) is 18.6 Å². The van der Waals surface area contributed by atoms with E-state index < -0.39 is 16.1 Å². The van der Waals surface area contributed by atoms with Crippen molar-refractivity contribution >= 4 is 27.5 Å². The van der Waals surface area contributed by atoms with E-state index >= 15 is 0 Å². The van der Waals surface area contributed by atoms with Crippen LogP contribution in [0.4, 0.5) is 5.69 Å². The number of hydrogen-bond donors (Lipinski definition) is 2. The van der Waals surface area contributed by atoms with Crippen LogP contribution in [0.3, 0.4) is 0 Å². The minimum atomic E-state index is -4.00. The first kappa shape index (κ1) is 25.2. The van der Waals surface area contributed by atoms with Crippen LogP contribution in [0.2, 0.25) is 0 Å². The van der Waals surface area contributed by atoms with E-state index in [2.05, 4.69) is 16.1 Å². The lowest BCUT2D eigenvalue weighted by atomic mass is 9.87. The number of amides is 2. The Labute approximate surface area is 217 Å². The van der Waals surface area contributed by atoms with Crippen LogP contribution in [-0.2, 0) is 38.9 Å². The Kier molecular flexibility index (Phi) is 7.13. The molecule has 3 aromatic rings. The molecule has 5 rings (SSSR count). The van der Waals surface area contributed by atoms with Gasteiger partial charge in [0.15, 0.2) is 0 Å². The molecule has 1 aliphatic heterocycles. The molecule has 2 aliphatic rings. The molecule has 0 saturated heterocycles. The lowest BCUT2D eigenvalue weighted by Crippen LogP contribution is -2.49. The predicted octanol–water partition coefficient (Wildman–Crippen LogP) is 3.68. The summed E-state index contributed by atoms with van der Waals surface area (Å²) in [6.45, 7) is 2.03. The number of carbonyl (C=O) groups excluding carboxylic acids is 2. The van der Waals surface area contributed by atoms with Gasteiger partial charge in [-0.3, -0.25) is 9.59 Å². The fourth-order valence-electron chi connectivity index (χ4n) is 5.34. The third-order valence-corrected chi connectivity index (χ3v) is 8.69. The van der Waals surface area contributed by atoms with Crippen LogP contribution in [0, 0.1) is 0 Å². The van der Waals surface area contributed by atoms with Gasteiger partial charge in [0.05, 0.1) is 10.9 Å². The van der Waals surface area contributed by atoms with Gasteiger partial charge in [-0.2, -0.15) is 4.72 Å². The summed E-state index contributed by atoms with van der Waals surface area (Å²) in [5, 5.41) is 3.12. The molecule has 7 nitrogen and oxygen atoms in total. The third-order valence-electron chi connectivity index (χ3n) is 7.22. The highest BCUT2D eigenvalue weighted by atomic mass is 32.2. The number of sulfonamides is 1. The minimum absolute atomic E-state index is 0.0728. The summed E-state index contributed by atoms with van der Waals surface area (Å²) in [5.41, 5.74) is 4.72. The average molecular weight is 518 g/mol. The molecular formula is C29H31N3O4S. The van der Waals surface area contributed by atoms with Crippen molar-refractivity contribution in [3.63, 3.8) is 0 Å². The van der Waals surface area contributed by atoms with Crippen molar-refractivity contribution in [2.45, 2.75) is 56.0 Å². The van der Waals surface area contributed by atoms with Crippen LogP contribution in [0.25, 0.3) is 0 Å². The molecule has 0 unspecified atom stereocenters. The van der Waals surface area contributed by atoms with Crippen LogP contribution >= 0.6 is 0 Å². The molecule has 0 aromatic heterocycles. The largest absolute Gasteiger partial charge is 0.348 e. The number of fused-ring (bicyclic) bond motifs is 2. The van der Waals surface area contributed by atoms with E-state index in [0.717, 1.165) is 41.6 Å². The molecule has 0 radical (unpaired) electrons. The Balaban J connectivity index is 1.40. The van der Waals surface area contributed by atoms with Gasteiger partial charge in [-0.05, 0) is 72.6 Å². The summed E-state index contributed by atoms with van der Waals surface area (Å²) in [6, 6.07) is 21.1. The second kappa shape index (κ2) is 10.5. The molecule has 0 saturated carbocycles. The van der Waals surface area contributed by atoms with Crippen molar-refractivity contribution in [2.24, 2.45) is 0 Å². The van der Waals surface area contributed by atoms with Gasteiger partial charge < -0.3 is 10.2 Å². The standard InChI is InChI=1S/C29H31N3O4S/c1-20(33)32-17-16-23-19-24(14-15-28(23)32)37(35,36)31-27(18-21-8-3-2-4-9-21)29(34)30-26-13-7-11-22-10-5-6-12-25(22)26/h2-6,8-10,12,14-15,19,26-27,31H,7,11,13,16-18H2,1H3,(H,30,34)/t26-,27+/m1/s1. The lowest BCUT2D eigenvalue weighted by Gasteiger charge is -2.28. The molecule has 2 atom stereocenters. The summed E-state index contributed by atoms with van der Waals surface area (Å²) in [4.78, 5) is 27.2. The maximum absolute atomic E-state index is 13.6. The van der Waals surface area contributed by atoms with Gasteiger partial charge in [-0.15, -0.1) is 0 Å². The van der Waals surface area contributed by atoms with Gasteiger partial charge in [0, 0.05) is 19.2 Å². The normalized spacial score (nSPS) is 17.5. The van der Waals surface area contributed by atoms with Gasteiger partial charge in [0.1, 0.15) is 6.04 Å². The number of anilines is 1. The maximum Gasteiger partial charge on any atom is 0.241 e. The Bertz CT molecular complexity index is 1420. The minimum Gasteiger partial charge on any atom is -0.348 e. The molecule has 2 N–H and O–H groups in total. The van der Waals surface area contributed by atoms with Crippen molar-refractivity contribution in [1.29, 1.82) is 0 Å². The molecule has 0 bridgehead atoms. The first-order chi connectivity index (χ1) is 17.8. The SMILES string of the molecule is CC(=O)N1CCc2cc(S(=O)(=O)N[C@@H](Cc3ccccc3)C(=O)N[C@@H]3CCCc4ccccc43)ccc21. The predicted molar refractivity (Wildman–Crippen MR) is 143 cm³/mol. The van der Waals surface area contributed by atoms with Gasteiger partial charge in [-0.1, -0.05) is 54.6 Å². The number of hydrogen-bond acceptors (Lipinski definition) is 4. The number of carbonyl (C=O) groups is 2. The molecule has 2 amide bonds. The second-order valence-electron chi connectivity index (χ2n) is 9.73. The van der Waals surface area contributed by atoms with Crippen LogP contribution < -0.4 is 14.9 Å². The van der Waals surface area contributed by atoms with Crippen LogP contribution in [0.1, 0.15) is 48.1 Å². The summed E-state index contributed by atoms with van der Waals surface area (Å²) in [5.74, 6) is -0.422. The zero-order valence-electron chi connectivity index (χ0n) is 20.8. The first-order valence-electron chi connectivity index (χ1n) is 12.7. The van der Waals surface area contributed by atoms with Gasteiger partial charge in [0.25, 0.3) is 0 Å². The Morgan fingerprint density at radius 1 is 0.973 bits per heavy atom. The molecule has 1 heterocycles. The fraction of sp³-hybridized carbons (Fsp3) is 0.310. The number of benzene rings is 3. The zero-order valence-corrected chi connectivity index (χ0v) is 21.6. The van der Waals surface area contributed by atoms with E-state index in [1.807, 2.05) is 48.5 Å². The zero-order chi connectivity index (χ0) is 26.0. The molecule has 0 spiro atoms. The summed E-state index contributed by atoms with van der Waals surface area (Å²) in [6.07, 6.45) is 3.56. The van der Waals surface area contributed by atoms with E-state index in [1.54, 1.807) is 17.0 Å². The van der Waals surface area contributed by atoms with Crippen LogP contribution in [0.5, 0.6) is 0 Å². The van der Waals surface area contributed by atoms with Gasteiger partial charge in [0.2, 0.25) is 21.8 Å². The van der Waals surface area contributed by atoms with Crippen LogP contribution in [-0.4, -0.2) is 32.8 Å². The molecule has 192 valence electrons. The van der Waals surface area contributed by atoms with Crippen LogP contribution in [0.15, 0.2) is 77.7 Å². The lowest BCUT2D eigenvalue weighted by molar-refractivity contribution is -0.123. The highest BCUT2D eigenvalue weighted by molar-refractivity contribution is 7.89. The van der Waals surface area contributed by atoms with Crippen molar-refractivity contribution in [2.75, 3.05) is 11.4 Å². The number of rotatable bonds is 7. The Hall–Kier alpha value is -3.49. The Morgan fingerprint density at radius 3 is 2.51 bits per heavy atom. The molecule has 37 heavy (non-hydrogen) atoms. The van der Waals surface area contributed by atoms with Crippen molar-refractivity contribution in [3.8, 4) is 0 Å². The van der Waals surface area contributed by atoms with Gasteiger partial charge in [-0.25, -0.2) is 8.42 Å². The second-order valence-corrected chi connectivity index (χ2v) is 11.4. The van der Waals surface area contributed by atoms with Crippen molar-refractivity contribution in [1.82, 2.24) is 10.0 Å². The summed E-state index contributed by atoms with van der Waals surface area (Å²) in [7, 11) is -4.00. The van der Waals surface area contributed by atoms with E-state index in [-0.39, 0.29) is 29.2 Å². The van der Waals surface area contributed by atoms with E-state index in [4.69, 9.17) is 0 Å². The maximum atomic E-state index is 13.6. The highest BCUT2D eigenvalue weighted by Gasteiger charge is 2.31. The quantitative estimate of drug-likeness (QED) is 0.500.